The topological polar surface area (TPSA) is 50.8 Å². The lowest BCUT2D eigenvalue weighted by molar-refractivity contribution is -0.122. The number of hydrogen-bond acceptors (Lipinski definition) is 4. The quantitative estimate of drug-likeness (QED) is 0.869. The Bertz CT molecular complexity index is 526. The van der Waals surface area contributed by atoms with Crippen molar-refractivity contribution in [2.24, 2.45) is 11.8 Å². The second-order valence-electron chi connectivity index (χ2n) is 6.50. The molecule has 3 atom stereocenters. The number of nitrogens with one attached hydrogen (secondary N) is 1. The van der Waals surface area contributed by atoms with Crippen LogP contribution in [0.3, 0.4) is 0 Å². The zero-order valence-corrected chi connectivity index (χ0v) is 14.0. The van der Waals surface area contributed by atoms with Crippen LogP contribution in [-0.2, 0) is 9.53 Å². The van der Waals surface area contributed by atoms with Gasteiger partial charge in [-0.1, -0.05) is 19.1 Å². The van der Waals surface area contributed by atoms with E-state index in [1.165, 1.54) is 5.56 Å². The summed E-state index contributed by atoms with van der Waals surface area (Å²) >= 11 is 0. The third-order valence-electron chi connectivity index (χ3n) is 4.90. The monoisotopic (exact) mass is 318 g/mol. The largest absolute Gasteiger partial charge is 0.497 e. The minimum Gasteiger partial charge on any atom is -0.497 e. The molecule has 3 rings (SSSR count). The van der Waals surface area contributed by atoms with Crippen molar-refractivity contribution in [3.8, 4) is 5.75 Å². The number of rotatable bonds is 6. The molecule has 1 amide bonds. The maximum Gasteiger partial charge on any atom is 0.223 e. The lowest BCUT2D eigenvalue weighted by atomic mass is 10.0. The zero-order chi connectivity index (χ0) is 16.2. The Morgan fingerprint density at radius 3 is 2.57 bits per heavy atom. The van der Waals surface area contributed by atoms with Crippen molar-refractivity contribution >= 4 is 5.91 Å². The standard InChI is InChI=1S/C18H26N2O3/c1-13-11-16(13)18(21)19-12-17(20-7-9-23-10-8-20)14-3-5-15(22-2)6-4-14/h3-6,13,16-17H,7-12H2,1-2H3,(H,19,21)/t13-,16-,17+/m1/s1. The molecule has 5 nitrogen and oxygen atoms in total. The van der Waals surface area contributed by atoms with Gasteiger partial charge in [0.1, 0.15) is 5.75 Å². The highest BCUT2D eigenvalue weighted by Gasteiger charge is 2.39. The number of nitrogens with zero attached hydrogens (tertiary/aromatic N) is 1. The van der Waals surface area contributed by atoms with E-state index in [4.69, 9.17) is 9.47 Å². The van der Waals surface area contributed by atoms with Crippen LogP contribution in [0.15, 0.2) is 24.3 Å². The van der Waals surface area contributed by atoms with Crippen LogP contribution < -0.4 is 10.1 Å². The van der Waals surface area contributed by atoms with E-state index in [0.29, 0.717) is 12.5 Å². The van der Waals surface area contributed by atoms with Crippen molar-refractivity contribution in [1.82, 2.24) is 10.2 Å². The maximum absolute atomic E-state index is 12.2. The highest BCUT2D eigenvalue weighted by molar-refractivity contribution is 5.81. The Morgan fingerprint density at radius 2 is 2.00 bits per heavy atom. The van der Waals surface area contributed by atoms with Gasteiger partial charge in [-0.05, 0) is 30.0 Å². The van der Waals surface area contributed by atoms with E-state index in [9.17, 15) is 4.79 Å². The average Bonchev–Trinajstić information content (AvgIpc) is 3.33. The van der Waals surface area contributed by atoms with Crippen LogP contribution in [-0.4, -0.2) is 50.8 Å². The third kappa shape index (κ3) is 4.03. The first kappa shape index (κ1) is 16.3. The Balaban J connectivity index is 1.68. The van der Waals surface area contributed by atoms with Crippen LogP contribution in [0, 0.1) is 11.8 Å². The molecule has 126 valence electrons. The normalized spacial score (nSPS) is 25.7. The van der Waals surface area contributed by atoms with E-state index in [2.05, 4.69) is 29.3 Å². The summed E-state index contributed by atoms with van der Waals surface area (Å²) in [7, 11) is 1.67. The van der Waals surface area contributed by atoms with Crippen LogP contribution in [0.4, 0.5) is 0 Å². The lowest BCUT2D eigenvalue weighted by Crippen LogP contribution is -2.44. The second-order valence-corrected chi connectivity index (χ2v) is 6.50. The molecule has 1 aromatic carbocycles. The molecule has 2 aliphatic rings. The van der Waals surface area contributed by atoms with Gasteiger partial charge in [0.05, 0.1) is 26.4 Å². The molecule has 0 spiro atoms. The first-order chi connectivity index (χ1) is 11.2. The highest BCUT2D eigenvalue weighted by atomic mass is 16.5. The molecule has 1 saturated heterocycles. The van der Waals surface area contributed by atoms with Crippen LogP contribution in [0.2, 0.25) is 0 Å². The van der Waals surface area contributed by atoms with E-state index in [1.807, 2.05) is 12.1 Å². The van der Waals surface area contributed by atoms with E-state index < -0.39 is 0 Å². The molecule has 0 radical (unpaired) electrons. The van der Waals surface area contributed by atoms with Crippen molar-refractivity contribution in [2.75, 3.05) is 40.0 Å². The third-order valence-corrected chi connectivity index (χ3v) is 4.90. The van der Waals surface area contributed by atoms with E-state index >= 15 is 0 Å². The summed E-state index contributed by atoms with van der Waals surface area (Å²) in [5, 5.41) is 3.15. The Labute approximate surface area is 137 Å². The van der Waals surface area contributed by atoms with Gasteiger partial charge in [-0.3, -0.25) is 9.69 Å². The summed E-state index contributed by atoms with van der Waals surface area (Å²) in [6, 6.07) is 8.32. The molecule has 2 fully saturated rings. The minimum atomic E-state index is 0.183. The van der Waals surface area contributed by atoms with Crippen LogP contribution in [0.5, 0.6) is 5.75 Å². The van der Waals surface area contributed by atoms with E-state index in [-0.39, 0.29) is 17.9 Å². The van der Waals surface area contributed by atoms with Crippen LogP contribution in [0.1, 0.15) is 24.9 Å². The van der Waals surface area contributed by atoms with Crippen molar-refractivity contribution < 1.29 is 14.3 Å². The van der Waals surface area contributed by atoms with Gasteiger partial charge in [-0.25, -0.2) is 0 Å². The number of morpholine rings is 1. The van der Waals surface area contributed by atoms with Gasteiger partial charge in [0.2, 0.25) is 5.91 Å². The van der Waals surface area contributed by atoms with Gasteiger partial charge in [0, 0.05) is 25.6 Å². The van der Waals surface area contributed by atoms with Crippen LogP contribution in [0.25, 0.3) is 0 Å². The first-order valence-electron chi connectivity index (χ1n) is 8.42. The van der Waals surface area contributed by atoms with Gasteiger partial charge in [0.15, 0.2) is 0 Å². The lowest BCUT2D eigenvalue weighted by Gasteiger charge is -2.35. The number of amides is 1. The zero-order valence-electron chi connectivity index (χ0n) is 14.0. The number of ether oxygens (including phenoxy) is 2. The van der Waals surface area contributed by atoms with Gasteiger partial charge in [-0.2, -0.15) is 0 Å². The molecule has 1 aliphatic carbocycles. The molecular weight excluding hydrogens is 292 g/mol. The van der Waals surface area contributed by atoms with Gasteiger partial charge >= 0.3 is 0 Å². The van der Waals surface area contributed by atoms with E-state index in [0.717, 1.165) is 38.5 Å². The highest BCUT2D eigenvalue weighted by Crippen LogP contribution is 2.37. The molecule has 0 aromatic heterocycles. The molecule has 0 unspecified atom stereocenters. The summed E-state index contributed by atoms with van der Waals surface area (Å²) in [5.41, 5.74) is 1.21. The minimum absolute atomic E-state index is 0.183. The molecule has 5 heteroatoms. The molecular formula is C18H26N2O3. The van der Waals surface area contributed by atoms with Gasteiger partial charge in [-0.15, -0.1) is 0 Å². The molecule has 1 aliphatic heterocycles. The first-order valence-corrected chi connectivity index (χ1v) is 8.42. The molecule has 1 N–H and O–H groups in total. The van der Waals surface area contributed by atoms with Crippen molar-refractivity contribution in [3.63, 3.8) is 0 Å². The molecule has 1 aromatic rings. The molecule has 1 heterocycles. The van der Waals surface area contributed by atoms with Crippen LogP contribution >= 0.6 is 0 Å². The second kappa shape index (κ2) is 7.32. The predicted octanol–water partition coefficient (Wildman–Crippen LogP) is 1.84. The fourth-order valence-corrected chi connectivity index (χ4v) is 3.19. The summed E-state index contributed by atoms with van der Waals surface area (Å²) in [4.78, 5) is 14.6. The predicted molar refractivity (Wildman–Crippen MR) is 88.4 cm³/mol. The number of hydrogen-bond donors (Lipinski definition) is 1. The Kier molecular flexibility index (Phi) is 5.18. The molecule has 23 heavy (non-hydrogen) atoms. The number of benzene rings is 1. The van der Waals surface area contributed by atoms with Crippen molar-refractivity contribution in [3.05, 3.63) is 29.8 Å². The fraction of sp³-hybridized carbons (Fsp3) is 0.611. The van der Waals surface area contributed by atoms with Gasteiger partial charge < -0.3 is 14.8 Å². The Morgan fingerprint density at radius 1 is 1.35 bits per heavy atom. The Hall–Kier alpha value is -1.59. The van der Waals surface area contributed by atoms with E-state index in [1.54, 1.807) is 7.11 Å². The smallest absolute Gasteiger partial charge is 0.223 e. The van der Waals surface area contributed by atoms with Gasteiger partial charge in [0.25, 0.3) is 0 Å². The SMILES string of the molecule is COc1ccc([C@H](CNC(=O)[C@@H]2C[C@H]2C)N2CCOCC2)cc1. The number of carbonyl (C=O) groups excluding carboxylic acids is 1. The maximum atomic E-state index is 12.2. The average molecular weight is 318 g/mol. The summed E-state index contributed by atoms with van der Waals surface area (Å²) < 4.78 is 10.7. The number of methoxy groups -OCH3 is 1. The van der Waals surface area contributed by atoms with Crippen molar-refractivity contribution in [2.45, 2.75) is 19.4 Å². The molecule has 0 bridgehead atoms. The summed E-state index contributed by atoms with van der Waals surface area (Å²) in [6.07, 6.45) is 1.02. The number of carbonyl (C=O) groups is 1. The fourth-order valence-electron chi connectivity index (χ4n) is 3.19. The molecule has 1 saturated carbocycles. The summed E-state index contributed by atoms with van der Waals surface area (Å²) in [6.45, 7) is 6.07. The summed E-state index contributed by atoms with van der Waals surface area (Å²) in [5.74, 6) is 1.81. The van der Waals surface area contributed by atoms with Crippen molar-refractivity contribution in [1.29, 1.82) is 0 Å².